The van der Waals surface area contributed by atoms with Gasteiger partial charge in [0.15, 0.2) is 0 Å². The molecule has 0 bridgehead atoms. The molecular weight excluding hydrogens is 421 g/mol. The molecule has 1 amide bonds. The lowest BCUT2D eigenvalue weighted by Gasteiger charge is -2.09. The summed E-state index contributed by atoms with van der Waals surface area (Å²) in [6.45, 7) is 5.93. The number of hydrogen-bond donors (Lipinski definition) is 1. The van der Waals surface area contributed by atoms with Crippen LogP contribution in [0.1, 0.15) is 30.2 Å². The van der Waals surface area contributed by atoms with E-state index in [1.807, 2.05) is 42.7 Å². The van der Waals surface area contributed by atoms with Crippen molar-refractivity contribution in [3.63, 3.8) is 0 Å². The van der Waals surface area contributed by atoms with E-state index in [1.165, 1.54) is 17.0 Å². The van der Waals surface area contributed by atoms with Crippen LogP contribution in [0.2, 0.25) is 0 Å². The smallest absolute Gasteiger partial charge is 0.224 e. The Morgan fingerprint density at radius 3 is 2.56 bits per heavy atom. The number of rotatable bonds is 5. The van der Waals surface area contributed by atoms with Gasteiger partial charge in [0.05, 0.1) is 18.0 Å². The first-order valence-corrected chi connectivity index (χ1v) is 11.0. The summed E-state index contributed by atoms with van der Waals surface area (Å²) in [7, 11) is 0. The molecule has 0 fully saturated rings. The Bertz CT molecular complexity index is 1130. The second-order valence-corrected chi connectivity index (χ2v) is 7.84. The minimum Gasteiger partial charge on any atom is -0.350 e. The van der Waals surface area contributed by atoms with Crippen LogP contribution in [0.5, 0.6) is 0 Å². The van der Waals surface area contributed by atoms with Crippen molar-refractivity contribution >= 4 is 23.4 Å². The zero-order valence-electron chi connectivity index (χ0n) is 17.8. The van der Waals surface area contributed by atoms with Gasteiger partial charge in [0.1, 0.15) is 5.82 Å². The van der Waals surface area contributed by atoms with Crippen molar-refractivity contribution in [2.45, 2.75) is 24.8 Å². The first-order chi connectivity index (χ1) is 15.6. The number of fused-ring (bicyclic) bond motifs is 1. The number of hydrogen-bond acceptors (Lipinski definition) is 4. The summed E-state index contributed by atoms with van der Waals surface area (Å²) in [4.78, 5) is 20.9. The van der Waals surface area contributed by atoms with Crippen LogP contribution in [0, 0.1) is 5.82 Å². The maximum atomic E-state index is 13.1. The van der Waals surface area contributed by atoms with Gasteiger partial charge < -0.3 is 5.32 Å². The summed E-state index contributed by atoms with van der Waals surface area (Å²) in [5.41, 5.74) is 4.74. The monoisotopic (exact) mass is 445 g/mol. The van der Waals surface area contributed by atoms with Gasteiger partial charge in [-0.2, -0.15) is 0 Å². The van der Waals surface area contributed by atoms with Gasteiger partial charge >= 0.3 is 0 Å². The number of aliphatic imine (C=N–C) groups is 1. The number of halogens is 1. The van der Waals surface area contributed by atoms with Crippen molar-refractivity contribution in [1.82, 2.24) is 10.3 Å². The standard InChI is InChI=1S/C16H12FNS.C10H12N2O/c1-11-10-19-15-5-3-2-4-14(15)16(18-11)12-6-8-13(17)9-7-12;1-2-5-10(13)12-8-9-6-3-4-7-11-9/h2-10H,1H3;2-4,6-7H,1,5,8H2,(H,12,13). The van der Waals surface area contributed by atoms with E-state index >= 15 is 0 Å². The minimum atomic E-state index is -0.229. The fourth-order valence-corrected chi connectivity index (χ4v) is 3.70. The Labute approximate surface area is 192 Å². The SMILES string of the molecule is C=CCC(=O)NCc1ccccn1.CC1=CSc2ccccc2C(c2ccc(F)cc2)=N1. The molecule has 0 atom stereocenters. The van der Waals surface area contributed by atoms with E-state index in [0.717, 1.165) is 28.2 Å². The van der Waals surface area contributed by atoms with Crippen LogP contribution in [0.3, 0.4) is 0 Å². The molecule has 0 aliphatic carbocycles. The molecule has 4 rings (SSSR count). The van der Waals surface area contributed by atoms with Crippen molar-refractivity contribution in [1.29, 1.82) is 0 Å². The molecule has 3 aromatic rings. The molecule has 2 heterocycles. The van der Waals surface area contributed by atoms with Gasteiger partial charge in [0, 0.05) is 34.3 Å². The third kappa shape index (κ3) is 6.75. The average Bonchev–Trinajstić information content (AvgIpc) is 2.99. The number of aromatic nitrogens is 1. The highest BCUT2D eigenvalue weighted by atomic mass is 32.2. The van der Waals surface area contributed by atoms with Crippen molar-refractivity contribution < 1.29 is 9.18 Å². The second-order valence-electron chi connectivity index (χ2n) is 6.93. The quantitative estimate of drug-likeness (QED) is 0.497. The van der Waals surface area contributed by atoms with Crippen molar-refractivity contribution in [3.05, 3.63) is 119 Å². The summed E-state index contributed by atoms with van der Waals surface area (Å²) >= 11 is 1.67. The van der Waals surface area contributed by atoms with E-state index in [2.05, 4.69) is 34.0 Å². The van der Waals surface area contributed by atoms with Crippen LogP contribution < -0.4 is 5.32 Å². The van der Waals surface area contributed by atoms with Crippen LogP contribution >= 0.6 is 11.8 Å². The van der Waals surface area contributed by atoms with E-state index < -0.39 is 0 Å². The maximum Gasteiger partial charge on any atom is 0.224 e. The van der Waals surface area contributed by atoms with E-state index in [0.29, 0.717) is 13.0 Å². The number of amides is 1. The number of thioether (sulfide) groups is 1. The lowest BCUT2D eigenvalue weighted by molar-refractivity contribution is -0.120. The van der Waals surface area contributed by atoms with E-state index in [1.54, 1.807) is 36.2 Å². The highest BCUT2D eigenvalue weighted by Crippen LogP contribution is 2.30. The van der Waals surface area contributed by atoms with Gasteiger partial charge in [-0.25, -0.2) is 4.39 Å². The third-order valence-electron chi connectivity index (χ3n) is 4.43. The normalized spacial score (nSPS) is 12.2. The average molecular weight is 446 g/mol. The highest BCUT2D eigenvalue weighted by Gasteiger charge is 2.14. The van der Waals surface area contributed by atoms with Gasteiger partial charge in [0.25, 0.3) is 0 Å². The number of nitrogens with one attached hydrogen (secondary N) is 1. The zero-order chi connectivity index (χ0) is 22.8. The van der Waals surface area contributed by atoms with Gasteiger partial charge in [0.2, 0.25) is 5.91 Å². The van der Waals surface area contributed by atoms with Crippen LogP contribution in [0.15, 0.2) is 107 Å². The van der Waals surface area contributed by atoms with Crippen LogP contribution in [0.4, 0.5) is 4.39 Å². The number of carbonyl (C=O) groups is 1. The summed E-state index contributed by atoms with van der Waals surface area (Å²) in [6, 6.07) is 20.2. The number of carbonyl (C=O) groups excluding carboxylic acids is 1. The second kappa shape index (κ2) is 11.8. The molecule has 1 aliphatic rings. The van der Waals surface area contributed by atoms with Crippen LogP contribution in [-0.4, -0.2) is 16.6 Å². The number of allylic oxidation sites excluding steroid dienone is 1. The van der Waals surface area contributed by atoms with Crippen LogP contribution in [0.25, 0.3) is 0 Å². The molecule has 4 nitrogen and oxygen atoms in total. The molecule has 0 saturated carbocycles. The number of benzene rings is 2. The molecule has 1 aliphatic heterocycles. The van der Waals surface area contributed by atoms with Crippen LogP contribution in [-0.2, 0) is 11.3 Å². The summed E-state index contributed by atoms with van der Waals surface area (Å²) in [5.74, 6) is -0.256. The van der Waals surface area contributed by atoms with Gasteiger partial charge in [-0.3, -0.25) is 14.8 Å². The highest BCUT2D eigenvalue weighted by molar-refractivity contribution is 8.02. The lowest BCUT2D eigenvalue weighted by Crippen LogP contribution is -2.22. The molecule has 0 radical (unpaired) electrons. The fourth-order valence-electron chi connectivity index (χ4n) is 2.90. The van der Waals surface area contributed by atoms with E-state index in [-0.39, 0.29) is 11.7 Å². The largest absolute Gasteiger partial charge is 0.350 e. The van der Waals surface area contributed by atoms with Crippen molar-refractivity contribution in [3.8, 4) is 0 Å². The molecule has 162 valence electrons. The van der Waals surface area contributed by atoms with Gasteiger partial charge in [-0.05, 0) is 54.8 Å². The van der Waals surface area contributed by atoms with Gasteiger partial charge in [-0.1, -0.05) is 42.1 Å². The third-order valence-corrected chi connectivity index (χ3v) is 5.50. The Morgan fingerprint density at radius 2 is 1.84 bits per heavy atom. The fraction of sp³-hybridized carbons (Fsp3) is 0.115. The molecule has 0 unspecified atom stereocenters. The molecule has 0 saturated heterocycles. The molecule has 0 spiro atoms. The Morgan fingerprint density at radius 1 is 1.09 bits per heavy atom. The summed E-state index contributed by atoms with van der Waals surface area (Å²) in [5, 5.41) is 4.76. The predicted octanol–water partition coefficient (Wildman–Crippen LogP) is 5.90. The summed E-state index contributed by atoms with van der Waals surface area (Å²) < 4.78 is 13.1. The van der Waals surface area contributed by atoms with E-state index in [9.17, 15) is 9.18 Å². The lowest BCUT2D eigenvalue weighted by atomic mass is 10.0. The number of nitrogens with zero attached hydrogens (tertiary/aromatic N) is 2. The Hall–Kier alpha value is -3.51. The van der Waals surface area contributed by atoms with E-state index in [4.69, 9.17) is 0 Å². The topological polar surface area (TPSA) is 54.4 Å². The molecule has 32 heavy (non-hydrogen) atoms. The Balaban J connectivity index is 0.000000195. The minimum absolute atomic E-state index is 0.0272. The molecule has 1 aromatic heterocycles. The van der Waals surface area contributed by atoms with Crippen molar-refractivity contribution in [2.24, 2.45) is 4.99 Å². The first kappa shape index (κ1) is 23.2. The number of pyridine rings is 1. The first-order valence-electron chi connectivity index (χ1n) is 10.1. The molecule has 1 N–H and O–H groups in total. The zero-order valence-corrected chi connectivity index (χ0v) is 18.6. The molecule has 6 heteroatoms. The molecular formula is C26H24FN3OS. The Kier molecular flexibility index (Phi) is 8.52. The maximum absolute atomic E-state index is 13.1. The predicted molar refractivity (Wildman–Crippen MR) is 129 cm³/mol. The molecule has 2 aromatic carbocycles. The van der Waals surface area contributed by atoms with Gasteiger partial charge in [-0.15, -0.1) is 6.58 Å². The van der Waals surface area contributed by atoms with Crippen molar-refractivity contribution in [2.75, 3.05) is 0 Å². The summed E-state index contributed by atoms with van der Waals surface area (Å²) in [6.07, 6.45) is 3.63.